The van der Waals surface area contributed by atoms with Gasteiger partial charge in [-0.1, -0.05) is 0 Å². The highest BCUT2D eigenvalue weighted by molar-refractivity contribution is 7.45. The lowest BCUT2D eigenvalue weighted by molar-refractivity contribution is 0.275. The molecule has 0 aliphatic heterocycles. The summed E-state index contributed by atoms with van der Waals surface area (Å²) in [5, 5.41) is 14.0. The van der Waals surface area contributed by atoms with E-state index in [-0.39, 0.29) is 7.69 Å². The largest absolute Gasteiger partial charge is 0.482 e. The molecule has 0 fully saturated rings. The molecule has 0 aromatic carbocycles. The number of phosphoric acid groups is 1. The number of hydrogen-bond acceptors (Lipinski definition) is 3. The van der Waals surface area contributed by atoms with E-state index in [0.717, 1.165) is 0 Å². The standard InChI is InChI=1S/BH2O2.H3O4P/c2-1-3;1-5(2,3)4/h2-3H;(H3,1,2,3,4). The van der Waals surface area contributed by atoms with Gasteiger partial charge in [-0.3, -0.25) is 0 Å². The molecule has 1 radical (unpaired) electrons. The van der Waals surface area contributed by atoms with Gasteiger partial charge in [-0.15, -0.1) is 0 Å². The minimum atomic E-state index is -4.64. The van der Waals surface area contributed by atoms with Crippen LogP contribution in [0.2, 0.25) is 0 Å². The van der Waals surface area contributed by atoms with Crippen LogP contribution in [0.15, 0.2) is 0 Å². The highest BCUT2D eigenvalue weighted by Gasteiger charge is 2.00. The zero-order valence-electron chi connectivity index (χ0n) is 3.67. The molecule has 0 spiro atoms. The fourth-order valence-electron chi connectivity index (χ4n) is 0. The topological polar surface area (TPSA) is 118 Å². The van der Waals surface area contributed by atoms with Crippen LogP contribution in [0.1, 0.15) is 0 Å². The smallest absolute Gasteiger partial charge is 0.429 e. The van der Waals surface area contributed by atoms with Gasteiger partial charge in [0, 0.05) is 0 Å². The van der Waals surface area contributed by atoms with Crippen LogP contribution in [0, 0.1) is 0 Å². The minimum absolute atomic E-state index is 0. The molecule has 0 amide bonds. The Morgan fingerprint density at radius 2 is 1.12 bits per heavy atom. The van der Waals surface area contributed by atoms with E-state index < -0.39 is 7.82 Å². The molecule has 0 atom stereocenters. The van der Waals surface area contributed by atoms with Gasteiger partial charge in [0.15, 0.2) is 0 Å². The van der Waals surface area contributed by atoms with E-state index in [1.807, 2.05) is 0 Å². The van der Waals surface area contributed by atoms with Gasteiger partial charge in [-0.2, -0.15) is 0 Å². The fourth-order valence-corrected chi connectivity index (χ4v) is 0. The summed E-state index contributed by atoms with van der Waals surface area (Å²) in [5.74, 6) is 0. The van der Waals surface area contributed by atoms with E-state index >= 15 is 0 Å². The maximum Gasteiger partial charge on any atom is 0.482 e. The van der Waals surface area contributed by atoms with Crippen LogP contribution in [0.5, 0.6) is 0 Å². The lowest BCUT2D eigenvalue weighted by Crippen LogP contribution is -1.75. The van der Waals surface area contributed by atoms with Gasteiger partial charge in [0.25, 0.3) is 0 Å². The Bertz CT molecular complexity index is 64.3. The number of rotatable bonds is 0. The first kappa shape index (κ1) is 11.0. The van der Waals surface area contributed by atoms with E-state index in [9.17, 15) is 0 Å². The summed E-state index contributed by atoms with van der Waals surface area (Å²) < 4.78 is 8.88. The maximum atomic E-state index is 8.88. The molecule has 0 saturated heterocycles. The van der Waals surface area contributed by atoms with Crippen molar-refractivity contribution in [2.24, 2.45) is 0 Å². The summed E-state index contributed by atoms with van der Waals surface area (Å²) in [7, 11) is -4.64. The Balaban J connectivity index is 0. The van der Waals surface area contributed by atoms with Crippen LogP contribution in [0.4, 0.5) is 0 Å². The van der Waals surface area contributed by atoms with E-state index in [0.29, 0.717) is 0 Å². The predicted molar refractivity (Wildman–Crippen MR) is 24.5 cm³/mol. The molecule has 0 heterocycles. The zero-order chi connectivity index (χ0) is 7.21. The average molecular weight is 143 g/mol. The van der Waals surface area contributed by atoms with Crippen LogP contribution >= 0.6 is 7.82 Å². The fraction of sp³-hybridized carbons (Fsp3) is 0. The van der Waals surface area contributed by atoms with Gasteiger partial charge in [0.1, 0.15) is 0 Å². The third-order valence-corrected chi connectivity index (χ3v) is 0. The van der Waals surface area contributed by atoms with Crippen molar-refractivity contribution < 1.29 is 29.3 Å². The molecule has 0 aliphatic rings. The lowest BCUT2D eigenvalue weighted by atomic mass is 10.5. The highest BCUT2D eigenvalue weighted by atomic mass is 31.2. The summed E-state index contributed by atoms with van der Waals surface area (Å²) >= 11 is 0. The van der Waals surface area contributed by atoms with Gasteiger partial charge < -0.3 is 24.7 Å². The first-order valence-electron chi connectivity index (χ1n) is 1.30. The average Bonchev–Trinajstić information content (AvgIpc) is 1.27. The van der Waals surface area contributed by atoms with E-state index in [4.69, 9.17) is 29.3 Å². The minimum Gasteiger partial charge on any atom is -0.429 e. The molecule has 49 valence electrons. The van der Waals surface area contributed by atoms with Gasteiger partial charge in [-0.25, -0.2) is 4.57 Å². The van der Waals surface area contributed by atoms with Crippen molar-refractivity contribution in [3.63, 3.8) is 0 Å². The predicted octanol–water partition coefficient (Wildman–Crippen LogP) is -2.42. The van der Waals surface area contributed by atoms with E-state index in [2.05, 4.69) is 0 Å². The number of hydrogen-bond donors (Lipinski definition) is 5. The Morgan fingerprint density at radius 1 is 1.12 bits per heavy atom. The maximum absolute atomic E-state index is 8.88. The monoisotopic (exact) mass is 143 g/mol. The van der Waals surface area contributed by atoms with Crippen molar-refractivity contribution in [1.29, 1.82) is 0 Å². The molecule has 5 N–H and O–H groups in total. The summed E-state index contributed by atoms with van der Waals surface area (Å²) in [4.78, 5) is 21.6. The summed E-state index contributed by atoms with van der Waals surface area (Å²) in [6.07, 6.45) is 0. The Kier molecular flexibility index (Phi) is 7.18. The molecule has 0 bridgehead atoms. The quantitative estimate of drug-likeness (QED) is 0.190. The zero-order valence-corrected chi connectivity index (χ0v) is 4.56. The van der Waals surface area contributed by atoms with Gasteiger partial charge >= 0.3 is 15.5 Å². The molecule has 0 aliphatic carbocycles. The third kappa shape index (κ3) is 17600. The van der Waals surface area contributed by atoms with Crippen LogP contribution in [0.3, 0.4) is 0 Å². The van der Waals surface area contributed by atoms with Crippen molar-refractivity contribution >= 4 is 15.5 Å². The molecule has 0 saturated carbocycles. The van der Waals surface area contributed by atoms with Gasteiger partial charge in [0.05, 0.1) is 0 Å². The van der Waals surface area contributed by atoms with Gasteiger partial charge in [0.2, 0.25) is 0 Å². The first-order chi connectivity index (χ1) is 3.41. The third-order valence-electron chi connectivity index (χ3n) is 0. The summed E-state index contributed by atoms with van der Waals surface area (Å²) in [6, 6.07) is 0. The molecule has 8 heteroatoms. The van der Waals surface area contributed by atoms with E-state index in [1.54, 1.807) is 0 Å². The summed E-state index contributed by atoms with van der Waals surface area (Å²) in [5.41, 5.74) is 0. The highest BCUT2D eigenvalue weighted by Crippen LogP contribution is 2.25. The van der Waals surface area contributed by atoms with Crippen molar-refractivity contribution in [3.8, 4) is 0 Å². The van der Waals surface area contributed by atoms with E-state index in [1.165, 1.54) is 0 Å². The normalized spacial score (nSPS) is 9.12. The molecule has 0 aromatic rings. The van der Waals surface area contributed by atoms with Crippen LogP contribution in [-0.4, -0.2) is 32.4 Å². The second kappa shape index (κ2) is 5.24. The van der Waals surface area contributed by atoms with Crippen LogP contribution in [-0.2, 0) is 4.57 Å². The second-order valence-corrected chi connectivity index (χ2v) is 1.66. The SMILES string of the molecule is O=P(O)(O)O.O[B]O. The van der Waals surface area contributed by atoms with Crippen molar-refractivity contribution in [3.05, 3.63) is 0 Å². The summed E-state index contributed by atoms with van der Waals surface area (Å²) in [6.45, 7) is 0. The molecular weight excluding hydrogens is 138 g/mol. The molecule has 6 nitrogen and oxygen atoms in total. The van der Waals surface area contributed by atoms with Crippen molar-refractivity contribution in [2.45, 2.75) is 0 Å². The molecule has 8 heavy (non-hydrogen) atoms. The van der Waals surface area contributed by atoms with Gasteiger partial charge in [-0.05, 0) is 0 Å². The Labute approximate surface area is 46.0 Å². The Morgan fingerprint density at radius 3 is 1.12 bits per heavy atom. The van der Waals surface area contributed by atoms with Crippen LogP contribution < -0.4 is 0 Å². The Hall–Kier alpha value is 0.0949. The first-order valence-corrected chi connectivity index (χ1v) is 2.86. The van der Waals surface area contributed by atoms with Crippen molar-refractivity contribution in [1.82, 2.24) is 0 Å². The molecule has 0 rings (SSSR count). The van der Waals surface area contributed by atoms with Crippen LogP contribution in [0.25, 0.3) is 0 Å². The molecule has 0 unspecified atom stereocenters. The molecule has 0 aromatic heterocycles. The lowest BCUT2D eigenvalue weighted by Gasteiger charge is -1.82. The second-order valence-electron chi connectivity index (χ2n) is 0.629. The molecular formula is H5BO6P. The van der Waals surface area contributed by atoms with Crippen molar-refractivity contribution in [2.75, 3.05) is 0 Å².